The van der Waals surface area contributed by atoms with Gasteiger partial charge in [0.25, 0.3) is 0 Å². The summed E-state index contributed by atoms with van der Waals surface area (Å²) in [7, 11) is 0. The molecule has 8 heteroatoms. The van der Waals surface area contributed by atoms with Crippen molar-refractivity contribution in [3.05, 3.63) is 59.5 Å². The number of amides is 1. The van der Waals surface area contributed by atoms with E-state index < -0.39 is 5.82 Å². The SMILES string of the molecule is O=C1CC(c2nc(-c3cccnc3)no2)CN1c1ccc(F)c(Cl)c1. The lowest BCUT2D eigenvalue weighted by Gasteiger charge is -2.16. The van der Waals surface area contributed by atoms with E-state index in [4.69, 9.17) is 16.1 Å². The highest BCUT2D eigenvalue weighted by molar-refractivity contribution is 6.31. The number of hydrogen-bond acceptors (Lipinski definition) is 5. The van der Waals surface area contributed by atoms with E-state index in [0.29, 0.717) is 23.9 Å². The maximum absolute atomic E-state index is 13.3. The lowest BCUT2D eigenvalue weighted by molar-refractivity contribution is -0.117. The third-order valence-electron chi connectivity index (χ3n) is 4.05. The Balaban J connectivity index is 1.56. The second kappa shape index (κ2) is 6.25. The first-order valence-corrected chi connectivity index (χ1v) is 7.99. The van der Waals surface area contributed by atoms with Crippen LogP contribution in [0.3, 0.4) is 0 Å². The van der Waals surface area contributed by atoms with E-state index in [-0.39, 0.29) is 23.3 Å². The van der Waals surface area contributed by atoms with Crippen LogP contribution in [0.25, 0.3) is 11.4 Å². The molecule has 1 aromatic carbocycles. The molecule has 25 heavy (non-hydrogen) atoms. The minimum atomic E-state index is -0.522. The number of carbonyl (C=O) groups is 1. The molecule has 2 aromatic heterocycles. The second-order valence-electron chi connectivity index (χ2n) is 5.70. The number of benzene rings is 1. The summed E-state index contributed by atoms with van der Waals surface area (Å²) in [6, 6.07) is 7.81. The number of halogens is 2. The van der Waals surface area contributed by atoms with Gasteiger partial charge >= 0.3 is 0 Å². The molecule has 1 unspecified atom stereocenters. The van der Waals surface area contributed by atoms with Crippen LogP contribution in [-0.2, 0) is 4.79 Å². The van der Waals surface area contributed by atoms with E-state index in [1.165, 1.54) is 18.2 Å². The largest absolute Gasteiger partial charge is 0.339 e. The third kappa shape index (κ3) is 2.98. The van der Waals surface area contributed by atoms with Crippen LogP contribution in [0.2, 0.25) is 5.02 Å². The highest BCUT2D eigenvalue weighted by Gasteiger charge is 2.35. The minimum absolute atomic E-state index is 0.0228. The Morgan fingerprint density at radius 2 is 2.20 bits per heavy atom. The van der Waals surface area contributed by atoms with E-state index >= 15 is 0 Å². The number of aromatic nitrogens is 3. The van der Waals surface area contributed by atoms with E-state index in [2.05, 4.69) is 15.1 Å². The molecule has 6 nitrogen and oxygen atoms in total. The maximum atomic E-state index is 13.3. The molecule has 0 N–H and O–H groups in total. The van der Waals surface area contributed by atoms with Gasteiger partial charge in [-0.05, 0) is 30.3 Å². The van der Waals surface area contributed by atoms with E-state index in [0.717, 1.165) is 5.56 Å². The molecule has 1 aliphatic heterocycles. The van der Waals surface area contributed by atoms with Crippen LogP contribution in [0.5, 0.6) is 0 Å². The maximum Gasteiger partial charge on any atom is 0.232 e. The predicted octanol–water partition coefficient (Wildman–Crippen LogP) is 3.44. The Bertz CT molecular complexity index is 931. The van der Waals surface area contributed by atoms with Gasteiger partial charge in [0.1, 0.15) is 5.82 Å². The average molecular weight is 359 g/mol. The lowest BCUT2D eigenvalue weighted by atomic mass is 10.1. The molecule has 1 amide bonds. The van der Waals surface area contributed by atoms with Crippen molar-refractivity contribution in [2.75, 3.05) is 11.4 Å². The van der Waals surface area contributed by atoms with Crippen LogP contribution >= 0.6 is 11.6 Å². The Labute approximate surface area is 147 Å². The van der Waals surface area contributed by atoms with Gasteiger partial charge in [-0.3, -0.25) is 9.78 Å². The molecule has 3 aromatic rings. The summed E-state index contributed by atoms with van der Waals surface area (Å²) in [6.07, 6.45) is 3.54. The first-order chi connectivity index (χ1) is 12.1. The highest BCUT2D eigenvalue weighted by atomic mass is 35.5. The highest BCUT2D eigenvalue weighted by Crippen LogP contribution is 2.33. The molecule has 1 aliphatic rings. The Kier molecular flexibility index (Phi) is 3.93. The summed E-state index contributed by atoms with van der Waals surface area (Å²) < 4.78 is 18.6. The van der Waals surface area contributed by atoms with Gasteiger partial charge in [-0.15, -0.1) is 0 Å². The zero-order valence-corrected chi connectivity index (χ0v) is 13.7. The van der Waals surface area contributed by atoms with Gasteiger partial charge in [-0.1, -0.05) is 16.8 Å². The van der Waals surface area contributed by atoms with Gasteiger partial charge in [0.15, 0.2) is 0 Å². The average Bonchev–Trinajstić information content (AvgIpc) is 3.25. The molecular weight excluding hydrogens is 347 g/mol. The molecule has 1 atom stereocenters. The van der Waals surface area contributed by atoms with E-state index in [1.54, 1.807) is 23.4 Å². The fourth-order valence-corrected chi connectivity index (χ4v) is 2.96. The third-order valence-corrected chi connectivity index (χ3v) is 4.34. The molecule has 0 bridgehead atoms. The first kappa shape index (κ1) is 15.7. The quantitative estimate of drug-likeness (QED) is 0.717. The van der Waals surface area contributed by atoms with Crippen molar-refractivity contribution < 1.29 is 13.7 Å². The van der Waals surface area contributed by atoms with Crippen molar-refractivity contribution >= 4 is 23.2 Å². The topological polar surface area (TPSA) is 72.1 Å². The standard InChI is InChI=1S/C17H12ClFN4O2/c18-13-7-12(3-4-14(13)19)23-9-11(6-15(23)24)17-21-16(22-25-17)10-2-1-5-20-8-10/h1-5,7-8,11H,6,9H2. The number of pyridine rings is 1. The smallest absolute Gasteiger partial charge is 0.232 e. The van der Waals surface area contributed by atoms with Gasteiger partial charge in [-0.25, -0.2) is 4.39 Å². The summed E-state index contributed by atoms with van der Waals surface area (Å²) in [6.45, 7) is 0.371. The molecular formula is C17H12ClFN4O2. The number of rotatable bonds is 3. The van der Waals surface area contributed by atoms with Crippen LogP contribution in [-0.4, -0.2) is 27.6 Å². The van der Waals surface area contributed by atoms with Crippen molar-refractivity contribution in [1.29, 1.82) is 0 Å². The minimum Gasteiger partial charge on any atom is -0.339 e. The Morgan fingerprint density at radius 3 is 2.96 bits per heavy atom. The van der Waals surface area contributed by atoms with Crippen LogP contribution in [0.1, 0.15) is 18.2 Å². The molecule has 1 saturated heterocycles. The van der Waals surface area contributed by atoms with Crippen LogP contribution in [0.4, 0.5) is 10.1 Å². The van der Waals surface area contributed by atoms with Gasteiger partial charge in [0.05, 0.1) is 10.9 Å². The summed E-state index contributed by atoms with van der Waals surface area (Å²) in [5.74, 6) is -0.0311. The zero-order valence-electron chi connectivity index (χ0n) is 12.9. The van der Waals surface area contributed by atoms with Gasteiger partial charge in [0, 0.05) is 36.6 Å². The van der Waals surface area contributed by atoms with Gasteiger partial charge in [-0.2, -0.15) is 4.98 Å². The molecule has 0 aliphatic carbocycles. The van der Waals surface area contributed by atoms with E-state index in [9.17, 15) is 9.18 Å². The van der Waals surface area contributed by atoms with Crippen molar-refractivity contribution in [3.8, 4) is 11.4 Å². The Hall–Kier alpha value is -2.80. The molecule has 0 radical (unpaired) electrons. The molecule has 1 fully saturated rings. The summed E-state index contributed by atoms with van der Waals surface area (Å²) >= 11 is 5.80. The normalized spacial score (nSPS) is 17.3. The Morgan fingerprint density at radius 1 is 1.32 bits per heavy atom. The zero-order chi connectivity index (χ0) is 17.4. The monoisotopic (exact) mass is 358 g/mol. The fraction of sp³-hybridized carbons (Fsp3) is 0.176. The van der Waals surface area contributed by atoms with Crippen LogP contribution in [0, 0.1) is 5.82 Å². The summed E-state index contributed by atoms with van der Waals surface area (Å²) in [4.78, 5) is 22.3. The van der Waals surface area contributed by atoms with Gasteiger partial charge < -0.3 is 9.42 Å². The van der Waals surface area contributed by atoms with E-state index in [1.807, 2.05) is 6.07 Å². The lowest BCUT2D eigenvalue weighted by Crippen LogP contribution is -2.24. The number of carbonyl (C=O) groups excluding carboxylic acids is 1. The molecule has 0 spiro atoms. The molecule has 126 valence electrons. The van der Waals surface area contributed by atoms with Crippen LogP contribution in [0.15, 0.2) is 47.2 Å². The number of anilines is 1. The number of nitrogens with zero attached hydrogens (tertiary/aromatic N) is 4. The number of hydrogen-bond donors (Lipinski definition) is 0. The van der Waals surface area contributed by atoms with Crippen molar-refractivity contribution in [2.24, 2.45) is 0 Å². The van der Waals surface area contributed by atoms with Gasteiger partial charge in [0.2, 0.25) is 17.6 Å². The first-order valence-electron chi connectivity index (χ1n) is 7.61. The summed E-state index contributed by atoms with van der Waals surface area (Å²) in [5.41, 5.74) is 1.29. The van der Waals surface area contributed by atoms with Crippen LogP contribution < -0.4 is 4.90 Å². The molecule has 3 heterocycles. The second-order valence-corrected chi connectivity index (χ2v) is 6.11. The van der Waals surface area contributed by atoms with Crippen molar-refractivity contribution in [3.63, 3.8) is 0 Å². The molecule has 4 rings (SSSR count). The predicted molar refractivity (Wildman–Crippen MR) is 88.7 cm³/mol. The van der Waals surface area contributed by atoms with Crippen molar-refractivity contribution in [2.45, 2.75) is 12.3 Å². The summed E-state index contributed by atoms with van der Waals surface area (Å²) in [5, 5.41) is 3.93. The van der Waals surface area contributed by atoms with Crippen molar-refractivity contribution in [1.82, 2.24) is 15.1 Å². The molecule has 0 saturated carbocycles. The fourth-order valence-electron chi connectivity index (χ4n) is 2.79.